The van der Waals surface area contributed by atoms with Crippen LogP contribution in [0.5, 0.6) is 0 Å². The van der Waals surface area contributed by atoms with Crippen molar-refractivity contribution in [1.82, 2.24) is 0 Å². The van der Waals surface area contributed by atoms with Crippen LogP contribution in [-0.4, -0.2) is 35.8 Å². The summed E-state index contributed by atoms with van der Waals surface area (Å²) in [5.41, 5.74) is 0. The van der Waals surface area contributed by atoms with Crippen LogP contribution in [0.25, 0.3) is 0 Å². The molecule has 0 aliphatic heterocycles. The van der Waals surface area contributed by atoms with Crippen molar-refractivity contribution >= 4 is 35.8 Å². The molecule has 1 saturated carbocycles. The van der Waals surface area contributed by atoms with Gasteiger partial charge in [-0.15, -0.1) is 0 Å². The predicted molar refractivity (Wildman–Crippen MR) is 153 cm³/mol. The van der Waals surface area contributed by atoms with Crippen LogP contribution in [0.15, 0.2) is 0 Å². The molecular formula is C32H51O9. The molecule has 0 aromatic rings. The third-order valence-corrected chi connectivity index (χ3v) is 7.36. The highest BCUT2D eigenvalue weighted by Gasteiger charge is 2.49. The van der Waals surface area contributed by atoms with Gasteiger partial charge in [0.2, 0.25) is 0 Å². The van der Waals surface area contributed by atoms with E-state index in [4.69, 9.17) is 14.2 Å². The molecule has 1 fully saturated rings. The van der Waals surface area contributed by atoms with E-state index in [1.807, 2.05) is 0 Å². The summed E-state index contributed by atoms with van der Waals surface area (Å²) in [7, 11) is 0. The average molecular weight is 580 g/mol. The molecule has 0 spiro atoms. The topological polar surface area (TPSA) is 130 Å². The Bertz CT molecular complexity index is 787. The Morgan fingerprint density at radius 1 is 0.512 bits per heavy atom. The van der Waals surface area contributed by atoms with Crippen LogP contribution in [0.3, 0.4) is 0 Å². The van der Waals surface area contributed by atoms with E-state index in [0.717, 1.165) is 77.0 Å². The molecule has 0 amide bonds. The van der Waals surface area contributed by atoms with E-state index in [-0.39, 0.29) is 25.7 Å². The second-order valence-electron chi connectivity index (χ2n) is 11.0. The van der Waals surface area contributed by atoms with E-state index < -0.39 is 53.6 Å². The molecule has 0 bridgehead atoms. The number of carbonyl (C=O) groups is 6. The molecular weight excluding hydrogens is 528 g/mol. The Kier molecular flexibility index (Phi) is 19.6. The monoisotopic (exact) mass is 579 g/mol. The van der Waals surface area contributed by atoms with Crippen LogP contribution in [0.2, 0.25) is 0 Å². The summed E-state index contributed by atoms with van der Waals surface area (Å²) in [6.45, 7) is 6.26. The van der Waals surface area contributed by atoms with Gasteiger partial charge in [0, 0.05) is 19.3 Å². The number of esters is 6. The molecule has 0 saturated heterocycles. The minimum absolute atomic E-state index is 0.0615. The molecule has 3 unspecified atom stereocenters. The summed E-state index contributed by atoms with van der Waals surface area (Å²) in [6.07, 6.45) is 15.0. The smallest absolute Gasteiger partial charge is 0.317 e. The number of unbranched alkanes of at least 4 members (excludes halogenated alkanes) is 12. The standard InChI is InChI=1S/C32H51O9/c1-4-7-10-13-16-19-27(33)39-30(36)24-22-25(31(37)40-28(34)20-17-14-11-8-5-2)26(23-24)32(38)41-29(35)21-18-15-12-9-6-3/h22,24-26H,4-21,23H2,1-3H3. The molecule has 9 nitrogen and oxygen atoms in total. The lowest BCUT2D eigenvalue weighted by Crippen LogP contribution is -2.31. The van der Waals surface area contributed by atoms with Crippen LogP contribution in [0.1, 0.15) is 143 Å². The van der Waals surface area contributed by atoms with Gasteiger partial charge >= 0.3 is 35.8 Å². The van der Waals surface area contributed by atoms with Crippen molar-refractivity contribution in [2.75, 3.05) is 0 Å². The zero-order valence-corrected chi connectivity index (χ0v) is 25.4. The fourth-order valence-electron chi connectivity index (χ4n) is 4.87. The summed E-state index contributed by atoms with van der Waals surface area (Å²) >= 11 is 0. The van der Waals surface area contributed by atoms with Crippen LogP contribution < -0.4 is 0 Å². The number of hydrogen-bond acceptors (Lipinski definition) is 9. The van der Waals surface area contributed by atoms with Gasteiger partial charge in [-0.2, -0.15) is 0 Å². The van der Waals surface area contributed by atoms with Gasteiger partial charge in [0.1, 0.15) is 0 Å². The second kappa shape index (κ2) is 22.1. The Morgan fingerprint density at radius 2 is 0.878 bits per heavy atom. The van der Waals surface area contributed by atoms with Gasteiger partial charge < -0.3 is 14.2 Å². The molecule has 0 aromatic heterocycles. The fourth-order valence-corrected chi connectivity index (χ4v) is 4.87. The number of hydrogen-bond donors (Lipinski definition) is 0. The van der Waals surface area contributed by atoms with Crippen molar-refractivity contribution in [3.05, 3.63) is 6.42 Å². The summed E-state index contributed by atoms with van der Waals surface area (Å²) in [5, 5.41) is 0. The van der Waals surface area contributed by atoms with Gasteiger partial charge in [-0.25, -0.2) is 0 Å². The molecule has 9 heteroatoms. The van der Waals surface area contributed by atoms with Crippen LogP contribution in [0.4, 0.5) is 0 Å². The normalized spacial score (nSPS) is 18.1. The summed E-state index contributed by atoms with van der Waals surface area (Å²) in [6, 6.07) is 0. The lowest BCUT2D eigenvalue weighted by molar-refractivity contribution is -0.170. The highest BCUT2D eigenvalue weighted by Crippen LogP contribution is 2.38. The third-order valence-electron chi connectivity index (χ3n) is 7.36. The largest absolute Gasteiger partial charge is 0.393 e. The molecule has 0 N–H and O–H groups in total. The lowest BCUT2D eigenvalue weighted by Gasteiger charge is -2.16. The fraction of sp³-hybridized carbons (Fsp3) is 0.781. The predicted octanol–water partition coefficient (Wildman–Crippen LogP) is 6.73. The first kappa shape index (κ1) is 36.4. The molecule has 0 aromatic carbocycles. The molecule has 0 heterocycles. The average Bonchev–Trinajstić information content (AvgIpc) is 3.39. The molecule has 233 valence electrons. The van der Waals surface area contributed by atoms with E-state index in [9.17, 15) is 28.8 Å². The molecule has 3 atom stereocenters. The first-order chi connectivity index (χ1) is 19.7. The van der Waals surface area contributed by atoms with E-state index >= 15 is 0 Å². The highest BCUT2D eigenvalue weighted by atomic mass is 16.6. The summed E-state index contributed by atoms with van der Waals surface area (Å²) in [5.74, 6) is -8.41. The van der Waals surface area contributed by atoms with Crippen LogP contribution >= 0.6 is 0 Å². The van der Waals surface area contributed by atoms with Gasteiger partial charge in [0.05, 0.1) is 17.8 Å². The summed E-state index contributed by atoms with van der Waals surface area (Å²) < 4.78 is 15.0. The highest BCUT2D eigenvalue weighted by molar-refractivity contribution is 5.96. The first-order valence-electron chi connectivity index (χ1n) is 15.8. The Morgan fingerprint density at radius 3 is 1.29 bits per heavy atom. The maximum absolute atomic E-state index is 12.9. The zero-order valence-electron chi connectivity index (χ0n) is 25.4. The lowest BCUT2D eigenvalue weighted by atomic mass is 9.96. The minimum atomic E-state index is -1.27. The molecule has 41 heavy (non-hydrogen) atoms. The van der Waals surface area contributed by atoms with Crippen LogP contribution in [-0.2, 0) is 43.0 Å². The van der Waals surface area contributed by atoms with Gasteiger partial charge in [0.25, 0.3) is 0 Å². The molecule has 1 rings (SSSR count). The van der Waals surface area contributed by atoms with Gasteiger partial charge in [-0.05, 0) is 32.1 Å². The Balaban J connectivity index is 2.75. The molecule has 1 radical (unpaired) electrons. The van der Waals surface area contributed by atoms with E-state index in [2.05, 4.69) is 20.8 Å². The molecule has 1 aliphatic rings. The Labute approximate surface area is 245 Å². The zero-order chi connectivity index (χ0) is 30.5. The third kappa shape index (κ3) is 15.9. The SMILES string of the molecule is CCCCCCCC(=O)OC(=O)C1[CH]C(C(=O)OC(=O)CCCCCCC)C(C(=O)OC(=O)CCCCCCC)C1. The maximum Gasteiger partial charge on any atom is 0.317 e. The van der Waals surface area contributed by atoms with Gasteiger partial charge in [-0.1, -0.05) is 97.8 Å². The van der Waals surface area contributed by atoms with Crippen molar-refractivity contribution in [3.8, 4) is 0 Å². The van der Waals surface area contributed by atoms with Crippen molar-refractivity contribution in [3.63, 3.8) is 0 Å². The Hall–Kier alpha value is -2.58. The maximum atomic E-state index is 12.9. The van der Waals surface area contributed by atoms with Crippen molar-refractivity contribution in [2.24, 2.45) is 17.8 Å². The van der Waals surface area contributed by atoms with Gasteiger partial charge in [0.15, 0.2) is 0 Å². The van der Waals surface area contributed by atoms with E-state index in [1.165, 1.54) is 6.42 Å². The van der Waals surface area contributed by atoms with Crippen molar-refractivity contribution in [2.45, 2.75) is 143 Å². The van der Waals surface area contributed by atoms with E-state index in [1.54, 1.807) is 0 Å². The van der Waals surface area contributed by atoms with Gasteiger partial charge in [-0.3, -0.25) is 28.8 Å². The van der Waals surface area contributed by atoms with Crippen molar-refractivity contribution in [1.29, 1.82) is 0 Å². The van der Waals surface area contributed by atoms with Crippen LogP contribution in [0, 0.1) is 24.2 Å². The van der Waals surface area contributed by atoms with E-state index in [0.29, 0.717) is 19.3 Å². The minimum Gasteiger partial charge on any atom is -0.393 e. The summed E-state index contributed by atoms with van der Waals surface area (Å²) in [4.78, 5) is 75.2. The molecule has 1 aliphatic carbocycles. The number of carbonyl (C=O) groups excluding carboxylic acids is 6. The number of rotatable bonds is 21. The first-order valence-corrected chi connectivity index (χ1v) is 15.8. The second-order valence-corrected chi connectivity index (χ2v) is 11.0. The van der Waals surface area contributed by atoms with Crippen molar-refractivity contribution < 1.29 is 43.0 Å². The quantitative estimate of drug-likeness (QED) is 0.0628. The number of ether oxygens (including phenoxy) is 3.